The summed E-state index contributed by atoms with van der Waals surface area (Å²) >= 11 is 3.18. The predicted octanol–water partition coefficient (Wildman–Crippen LogP) is 6.87. The van der Waals surface area contributed by atoms with Gasteiger partial charge in [-0.15, -0.1) is 22.7 Å². The van der Waals surface area contributed by atoms with Gasteiger partial charge in [0.25, 0.3) is 5.91 Å². The minimum Gasteiger partial charge on any atom is -0.329 e. The number of thiazole rings is 1. The number of hydrogen-bond donors (Lipinski definition) is 0. The second kappa shape index (κ2) is 8.84. The molecule has 31 heavy (non-hydrogen) atoms. The van der Waals surface area contributed by atoms with Crippen molar-refractivity contribution < 1.29 is 4.79 Å². The van der Waals surface area contributed by atoms with Gasteiger partial charge in [0.2, 0.25) is 0 Å². The van der Waals surface area contributed by atoms with Gasteiger partial charge >= 0.3 is 0 Å². The molecule has 0 bridgehead atoms. The molecule has 5 rings (SSSR count). The summed E-state index contributed by atoms with van der Waals surface area (Å²) in [5.74, 6) is 0.0464. The van der Waals surface area contributed by atoms with E-state index in [9.17, 15) is 4.79 Å². The van der Waals surface area contributed by atoms with E-state index >= 15 is 0 Å². The minimum absolute atomic E-state index is 0.0464. The molecule has 5 heteroatoms. The molecule has 3 aromatic carbocycles. The molecule has 1 amide bonds. The number of benzene rings is 3. The van der Waals surface area contributed by atoms with Gasteiger partial charge in [-0.1, -0.05) is 72.8 Å². The van der Waals surface area contributed by atoms with E-state index in [1.54, 1.807) is 11.3 Å². The van der Waals surface area contributed by atoms with E-state index in [1.807, 2.05) is 71.6 Å². The zero-order chi connectivity index (χ0) is 21.0. The summed E-state index contributed by atoms with van der Waals surface area (Å²) < 4.78 is 1.16. The summed E-state index contributed by atoms with van der Waals surface area (Å²) in [5, 5.41) is 0.961. The van der Waals surface area contributed by atoms with Crippen LogP contribution in [-0.2, 0) is 13.1 Å². The zero-order valence-corrected chi connectivity index (χ0v) is 18.4. The van der Waals surface area contributed by atoms with Gasteiger partial charge < -0.3 is 4.90 Å². The molecular formula is C26H20N2OS2. The second-order valence-corrected chi connectivity index (χ2v) is 9.40. The molecule has 0 saturated carbocycles. The van der Waals surface area contributed by atoms with Crippen molar-refractivity contribution in [2.24, 2.45) is 0 Å². The number of para-hydroxylation sites is 1. The number of thiophene rings is 1. The van der Waals surface area contributed by atoms with Crippen molar-refractivity contribution in [1.82, 2.24) is 9.88 Å². The molecule has 0 spiro atoms. The van der Waals surface area contributed by atoms with E-state index in [4.69, 9.17) is 4.98 Å². The molecule has 0 saturated heterocycles. The summed E-state index contributed by atoms with van der Waals surface area (Å²) in [7, 11) is 0. The lowest BCUT2D eigenvalue weighted by Crippen LogP contribution is -2.29. The minimum atomic E-state index is 0.0464. The van der Waals surface area contributed by atoms with Crippen molar-refractivity contribution in [3.63, 3.8) is 0 Å². The van der Waals surface area contributed by atoms with Gasteiger partial charge in [-0.3, -0.25) is 4.79 Å². The van der Waals surface area contributed by atoms with Crippen LogP contribution >= 0.6 is 22.7 Å². The number of fused-ring (bicyclic) bond motifs is 1. The van der Waals surface area contributed by atoms with Crippen molar-refractivity contribution >= 4 is 38.8 Å². The Morgan fingerprint density at radius 1 is 0.710 bits per heavy atom. The number of amides is 1. The largest absolute Gasteiger partial charge is 0.329 e. The first-order chi connectivity index (χ1) is 15.3. The molecular weight excluding hydrogens is 420 g/mol. The van der Waals surface area contributed by atoms with Gasteiger partial charge in [-0.05, 0) is 35.4 Å². The van der Waals surface area contributed by atoms with Crippen LogP contribution in [0.5, 0.6) is 0 Å². The molecule has 0 aliphatic heterocycles. The van der Waals surface area contributed by atoms with Gasteiger partial charge in [0.15, 0.2) is 0 Å². The normalized spacial score (nSPS) is 11.0. The summed E-state index contributed by atoms with van der Waals surface area (Å²) in [6.45, 7) is 1.14. The monoisotopic (exact) mass is 440 g/mol. The summed E-state index contributed by atoms with van der Waals surface area (Å²) in [6, 6.07) is 32.4. The number of rotatable bonds is 6. The van der Waals surface area contributed by atoms with E-state index in [0.29, 0.717) is 13.1 Å². The second-order valence-electron chi connectivity index (χ2n) is 7.28. The average molecular weight is 441 g/mol. The number of carbonyl (C=O) groups excluding carboxylic acids is 1. The number of nitrogens with zero attached hydrogens (tertiary/aromatic N) is 2. The van der Waals surface area contributed by atoms with Crippen LogP contribution in [0.4, 0.5) is 0 Å². The number of hydrogen-bond acceptors (Lipinski definition) is 4. The summed E-state index contributed by atoms with van der Waals surface area (Å²) in [6.07, 6.45) is 0. The number of aromatic nitrogens is 1. The third-order valence-corrected chi connectivity index (χ3v) is 7.32. The maximum Gasteiger partial charge on any atom is 0.264 e. The first-order valence-corrected chi connectivity index (χ1v) is 11.7. The molecule has 0 radical (unpaired) electrons. The molecule has 0 fully saturated rings. The quantitative estimate of drug-likeness (QED) is 0.289. The van der Waals surface area contributed by atoms with Crippen LogP contribution in [0, 0.1) is 0 Å². The van der Waals surface area contributed by atoms with Crippen molar-refractivity contribution in [3.05, 3.63) is 113 Å². The highest BCUT2D eigenvalue weighted by Gasteiger charge is 2.20. The van der Waals surface area contributed by atoms with Crippen LogP contribution in [0.15, 0.2) is 97.1 Å². The maximum atomic E-state index is 13.5. The van der Waals surface area contributed by atoms with E-state index in [2.05, 4.69) is 30.3 Å². The SMILES string of the molecule is O=C(c1ccc(-c2nc3ccccc3s2)s1)N(Cc1ccccc1)Cc1ccccc1. The standard InChI is InChI=1S/C26H20N2OS2/c29-26(24-16-15-23(30-24)25-27-21-13-7-8-14-22(21)31-25)28(17-19-9-3-1-4-10-19)18-20-11-5-2-6-12-20/h1-16H,17-18H2. The Hall–Kier alpha value is -3.28. The van der Waals surface area contributed by atoms with E-state index in [0.717, 1.165) is 36.1 Å². The lowest BCUT2D eigenvalue weighted by atomic mass is 10.1. The van der Waals surface area contributed by atoms with Gasteiger partial charge in [0.1, 0.15) is 5.01 Å². The van der Waals surface area contributed by atoms with E-state index in [1.165, 1.54) is 11.3 Å². The lowest BCUT2D eigenvalue weighted by molar-refractivity contribution is 0.0735. The average Bonchev–Trinajstić information content (AvgIpc) is 3.47. The third kappa shape index (κ3) is 4.43. The van der Waals surface area contributed by atoms with Crippen LogP contribution < -0.4 is 0 Å². The van der Waals surface area contributed by atoms with Crippen LogP contribution in [0.2, 0.25) is 0 Å². The Bertz CT molecular complexity index is 1230. The zero-order valence-electron chi connectivity index (χ0n) is 16.8. The van der Waals surface area contributed by atoms with Crippen LogP contribution in [0.25, 0.3) is 20.1 Å². The van der Waals surface area contributed by atoms with Crippen LogP contribution in [-0.4, -0.2) is 15.8 Å². The molecule has 0 aliphatic rings. The Kier molecular flexibility index (Phi) is 5.61. The Labute approximate surface area is 189 Å². The fourth-order valence-corrected chi connectivity index (χ4v) is 5.50. The molecule has 5 aromatic rings. The van der Waals surface area contributed by atoms with Gasteiger partial charge in [-0.25, -0.2) is 4.98 Å². The molecule has 152 valence electrons. The van der Waals surface area contributed by atoms with Crippen LogP contribution in [0.3, 0.4) is 0 Å². The molecule has 0 N–H and O–H groups in total. The first kappa shape index (κ1) is 19.7. The van der Waals surface area contributed by atoms with E-state index < -0.39 is 0 Å². The number of carbonyl (C=O) groups is 1. The molecule has 3 nitrogen and oxygen atoms in total. The van der Waals surface area contributed by atoms with E-state index in [-0.39, 0.29) is 5.91 Å². The lowest BCUT2D eigenvalue weighted by Gasteiger charge is -2.22. The van der Waals surface area contributed by atoms with Crippen molar-refractivity contribution in [2.75, 3.05) is 0 Å². The summed E-state index contributed by atoms with van der Waals surface area (Å²) in [4.78, 5) is 21.9. The Morgan fingerprint density at radius 2 is 1.32 bits per heavy atom. The fourth-order valence-electron chi connectivity index (χ4n) is 3.51. The Balaban J connectivity index is 1.43. The summed E-state index contributed by atoms with van der Waals surface area (Å²) in [5.41, 5.74) is 3.24. The van der Waals surface area contributed by atoms with Crippen LogP contribution in [0.1, 0.15) is 20.8 Å². The highest BCUT2D eigenvalue weighted by Crippen LogP contribution is 2.35. The van der Waals surface area contributed by atoms with Gasteiger partial charge in [0, 0.05) is 13.1 Å². The molecule has 0 unspecified atom stereocenters. The highest BCUT2D eigenvalue weighted by molar-refractivity contribution is 7.26. The fraction of sp³-hybridized carbons (Fsp3) is 0.0769. The first-order valence-electron chi connectivity index (χ1n) is 10.1. The smallest absolute Gasteiger partial charge is 0.264 e. The Morgan fingerprint density at radius 3 is 1.97 bits per heavy atom. The van der Waals surface area contributed by atoms with Crippen molar-refractivity contribution in [2.45, 2.75) is 13.1 Å². The molecule has 2 aromatic heterocycles. The topological polar surface area (TPSA) is 33.2 Å². The van der Waals surface area contributed by atoms with Crippen molar-refractivity contribution in [1.29, 1.82) is 0 Å². The van der Waals surface area contributed by atoms with Crippen molar-refractivity contribution in [3.8, 4) is 9.88 Å². The maximum absolute atomic E-state index is 13.5. The predicted molar refractivity (Wildman–Crippen MR) is 129 cm³/mol. The van der Waals surface area contributed by atoms with Gasteiger partial charge in [0.05, 0.1) is 20.0 Å². The molecule has 0 aliphatic carbocycles. The van der Waals surface area contributed by atoms with Gasteiger partial charge in [-0.2, -0.15) is 0 Å². The third-order valence-electron chi connectivity index (χ3n) is 5.04. The highest BCUT2D eigenvalue weighted by atomic mass is 32.1. The molecule has 2 heterocycles. The molecule has 0 atom stereocenters.